The van der Waals surface area contributed by atoms with Crippen LogP contribution in [-0.2, 0) is 0 Å². The molecule has 0 amide bonds. The molecule has 0 aliphatic carbocycles. The Balaban J connectivity index is 2.26. The second-order valence-corrected chi connectivity index (χ2v) is 4.37. The van der Waals surface area contributed by atoms with Gasteiger partial charge in [0.2, 0.25) is 5.95 Å². The first-order valence-electron chi connectivity index (χ1n) is 6.08. The van der Waals surface area contributed by atoms with Crippen LogP contribution < -0.4 is 10.6 Å². The largest absolute Gasteiger partial charge is 0.370 e. The van der Waals surface area contributed by atoms with Crippen LogP contribution in [0.4, 0.5) is 11.8 Å². The van der Waals surface area contributed by atoms with Gasteiger partial charge in [0.25, 0.3) is 0 Å². The van der Waals surface area contributed by atoms with Gasteiger partial charge in [0.05, 0.1) is 0 Å². The van der Waals surface area contributed by atoms with E-state index >= 15 is 0 Å². The van der Waals surface area contributed by atoms with E-state index in [4.69, 9.17) is 0 Å². The predicted octanol–water partition coefficient (Wildman–Crippen LogP) is 1.66. The number of nitrogens with one attached hydrogen (secondary N) is 2. The molecule has 0 saturated carbocycles. The standard InChI is InChI=1S/C12H23N5/c1-10(2)17(4)9-5-7-14-11-6-8-15-12(13-3)16-11/h6,8,10H,5,7,9H2,1-4H3,(H2,13,14,15,16). The minimum absolute atomic E-state index is 0.602. The van der Waals surface area contributed by atoms with Gasteiger partial charge in [0.15, 0.2) is 0 Å². The van der Waals surface area contributed by atoms with Gasteiger partial charge in [-0.1, -0.05) is 0 Å². The molecule has 5 heteroatoms. The van der Waals surface area contributed by atoms with Crippen molar-refractivity contribution < 1.29 is 0 Å². The zero-order valence-corrected chi connectivity index (χ0v) is 11.2. The maximum Gasteiger partial charge on any atom is 0.224 e. The van der Waals surface area contributed by atoms with Gasteiger partial charge in [-0.15, -0.1) is 0 Å². The Bertz CT molecular complexity index is 326. The molecular formula is C12H23N5. The highest BCUT2D eigenvalue weighted by molar-refractivity contribution is 5.38. The van der Waals surface area contributed by atoms with Gasteiger partial charge in [-0.2, -0.15) is 4.98 Å². The molecule has 0 atom stereocenters. The zero-order valence-electron chi connectivity index (χ0n) is 11.2. The van der Waals surface area contributed by atoms with Gasteiger partial charge in [-0.3, -0.25) is 0 Å². The van der Waals surface area contributed by atoms with Crippen molar-refractivity contribution in [3.63, 3.8) is 0 Å². The van der Waals surface area contributed by atoms with Gasteiger partial charge in [-0.25, -0.2) is 4.98 Å². The van der Waals surface area contributed by atoms with E-state index in [1.165, 1.54) is 0 Å². The van der Waals surface area contributed by atoms with Crippen LogP contribution in [0.3, 0.4) is 0 Å². The highest BCUT2D eigenvalue weighted by atomic mass is 15.1. The maximum atomic E-state index is 4.30. The van der Waals surface area contributed by atoms with Crippen LogP contribution in [0.25, 0.3) is 0 Å². The summed E-state index contributed by atoms with van der Waals surface area (Å²) in [6, 6.07) is 2.48. The molecule has 2 N–H and O–H groups in total. The minimum Gasteiger partial charge on any atom is -0.370 e. The lowest BCUT2D eigenvalue weighted by Gasteiger charge is -2.20. The summed E-state index contributed by atoms with van der Waals surface area (Å²) in [6.45, 7) is 6.43. The normalized spacial score (nSPS) is 10.9. The first-order valence-corrected chi connectivity index (χ1v) is 6.08. The average Bonchev–Trinajstić information content (AvgIpc) is 2.34. The van der Waals surface area contributed by atoms with Gasteiger partial charge >= 0.3 is 0 Å². The lowest BCUT2D eigenvalue weighted by atomic mass is 10.3. The van der Waals surface area contributed by atoms with Gasteiger partial charge in [0, 0.05) is 25.8 Å². The van der Waals surface area contributed by atoms with Crippen molar-refractivity contribution >= 4 is 11.8 Å². The second kappa shape index (κ2) is 7.06. The van der Waals surface area contributed by atoms with E-state index in [9.17, 15) is 0 Å². The van der Waals surface area contributed by atoms with E-state index in [0.29, 0.717) is 12.0 Å². The van der Waals surface area contributed by atoms with Crippen LogP contribution in [-0.4, -0.2) is 48.1 Å². The van der Waals surface area contributed by atoms with Crippen molar-refractivity contribution in [2.75, 3.05) is 37.8 Å². The van der Waals surface area contributed by atoms with E-state index in [1.807, 2.05) is 13.1 Å². The van der Waals surface area contributed by atoms with Crippen LogP contribution in [0, 0.1) is 0 Å². The van der Waals surface area contributed by atoms with Crippen LogP contribution in [0.2, 0.25) is 0 Å². The van der Waals surface area contributed by atoms with E-state index in [0.717, 1.165) is 25.3 Å². The van der Waals surface area contributed by atoms with Crippen LogP contribution in [0.1, 0.15) is 20.3 Å². The van der Waals surface area contributed by atoms with Crippen molar-refractivity contribution in [2.45, 2.75) is 26.3 Å². The minimum atomic E-state index is 0.602. The molecule has 0 aliphatic rings. The molecule has 1 rings (SSSR count). The van der Waals surface area contributed by atoms with Crippen LogP contribution in [0.15, 0.2) is 12.3 Å². The molecule has 0 aliphatic heterocycles. The molecule has 1 aromatic heterocycles. The van der Waals surface area contributed by atoms with E-state index in [1.54, 1.807) is 6.20 Å². The summed E-state index contributed by atoms with van der Waals surface area (Å²) in [5.74, 6) is 1.52. The Morgan fingerprint density at radius 3 is 2.82 bits per heavy atom. The van der Waals surface area contributed by atoms with Crippen molar-refractivity contribution in [1.29, 1.82) is 0 Å². The first kappa shape index (κ1) is 13.7. The molecule has 0 spiro atoms. The third-order valence-electron chi connectivity index (χ3n) is 2.75. The third-order valence-corrected chi connectivity index (χ3v) is 2.75. The van der Waals surface area contributed by atoms with Gasteiger partial charge in [0.1, 0.15) is 5.82 Å². The fourth-order valence-electron chi connectivity index (χ4n) is 1.38. The SMILES string of the molecule is CNc1nccc(NCCCN(C)C(C)C)n1. The summed E-state index contributed by atoms with van der Waals surface area (Å²) in [5, 5.41) is 6.22. The number of anilines is 2. The van der Waals surface area contributed by atoms with Crippen molar-refractivity contribution in [3.05, 3.63) is 12.3 Å². The quantitative estimate of drug-likeness (QED) is 0.706. The summed E-state index contributed by atoms with van der Waals surface area (Å²) < 4.78 is 0. The van der Waals surface area contributed by atoms with E-state index in [2.05, 4.69) is 46.4 Å². The number of rotatable bonds is 7. The number of hydrogen-bond acceptors (Lipinski definition) is 5. The molecule has 0 bridgehead atoms. The monoisotopic (exact) mass is 237 g/mol. The van der Waals surface area contributed by atoms with Crippen molar-refractivity contribution in [3.8, 4) is 0 Å². The Hall–Kier alpha value is -1.36. The third kappa shape index (κ3) is 4.99. The number of aromatic nitrogens is 2. The molecule has 1 aromatic rings. The second-order valence-electron chi connectivity index (χ2n) is 4.37. The number of hydrogen-bond donors (Lipinski definition) is 2. The topological polar surface area (TPSA) is 53.1 Å². The molecule has 0 saturated heterocycles. The Morgan fingerprint density at radius 2 is 2.18 bits per heavy atom. The van der Waals surface area contributed by atoms with Crippen molar-refractivity contribution in [2.24, 2.45) is 0 Å². The smallest absolute Gasteiger partial charge is 0.224 e. The fraction of sp³-hybridized carbons (Fsp3) is 0.667. The number of nitrogens with zero attached hydrogens (tertiary/aromatic N) is 3. The molecular weight excluding hydrogens is 214 g/mol. The van der Waals surface area contributed by atoms with E-state index < -0.39 is 0 Å². The molecule has 96 valence electrons. The van der Waals surface area contributed by atoms with Gasteiger partial charge < -0.3 is 15.5 Å². The molecule has 0 unspecified atom stereocenters. The van der Waals surface area contributed by atoms with E-state index in [-0.39, 0.29) is 0 Å². The predicted molar refractivity (Wildman–Crippen MR) is 72.5 cm³/mol. The highest BCUT2D eigenvalue weighted by Gasteiger charge is 2.02. The Labute approximate surface area is 104 Å². The molecule has 17 heavy (non-hydrogen) atoms. The van der Waals surface area contributed by atoms with Crippen LogP contribution in [0.5, 0.6) is 0 Å². The van der Waals surface area contributed by atoms with Gasteiger partial charge in [-0.05, 0) is 39.9 Å². The lowest BCUT2D eigenvalue weighted by molar-refractivity contribution is 0.273. The molecule has 1 heterocycles. The highest BCUT2D eigenvalue weighted by Crippen LogP contribution is 2.04. The fourth-order valence-corrected chi connectivity index (χ4v) is 1.38. The molecule has 0 fully saturated rings. The average molecular weight is 237 g/mol. The maximum absolute atomic E-state index is 4.30. The first-order chi connectivity index (χ1) is 8.13. The molecule has 0 aromatic carbocycles. The molecule has 0 radical (unpaired) electrons. The summed E-state index contributed by atoms with van der Waals surface area (Å²) >= 11 is 0. The summed E-state index contributed by atoms with van der Waals surface area (Å²) in [7, 11) is 3.96. The lowest BCUT2D eigenvalue weighted by Crippen LogP contribution is -2.28. The summed E-state index contributed by atoms with van der Waals surface area (Å²) in [6.07, 6.45) is 2.86. The van der Waals surface area contributed by atoms with Crippen molar-refractivity contribution in [1.82, 2.24) is 14.9 Å². The van der Waals surface area contributed by atoms with Crippen LogP contribution >= 0.6 is 0 Å². The molecule has 5 nitrogen and oxygen atoms in total. The Kier molecular flexibility index (Phi) is 5.69. The Morgan fingerprint density at radius 1 is 1.41 bits per heavy atom. The zero-order chi connectivity index (χ0) is 12.7. The summed E-state index contributed by atoms with van der Waals surface area (Å²) in [5.41, 5.74) is 0. The summed E-state index contributed by atoms with van der Waals surface area (Å²) in [4.78, 5) is 10.7.